The first-order valence-corrected chi connectivity index (χ1v) is 22.7. The van der Waals surface area contributed by atoms with E-state index < -0.39 is 46.5 Å². The largest absolute Gasteiger partial charge is 0.381 e. The van der Waals surface area contributed by atoms with Gasteiger partial charge in [-0.05, 0) is 134 Å². The molecule has 0 bridgehead atoms. The molecule has 1 saturated carbocycles. The Hall–Kier alpha value is -2.45. The summed E-state index contributed by atoms with van der Waals surface area (Å²) in [6, 6.07) is 8.72. The third kappa shape index (κ3) is 13.3. The van der Waals surface area contributed by atoms with Crippen LogP contribution in [0.2, 0.25) is 0 Å². The van der Waals surface area contributed by atoms with Gasteiger partial charge in [-0.15, -0.1) is 30.1 Å². The van der Waals surface area contributed by atoms with Crippen LogP contribution in [0.4, 0.5) is 35.1 Å². The quantitative estimate of drug-likeness (QED) is 0.0694. The fourth-order valence-electron chi connectivity index (χ4n) is 7.42. The second-order valence-corrected chi connectivity index (χ2v) is 18.6. The van der Waals surface area contributed by atoms with Crippen molar-refractivity contribution in [2.75, 3.05) is 37.1 Å². The standard InChI is InChI=1S/C23H30F4OS2.C21H20F4OS/c1-2-8-28-9-7-15-13-29-23(30-14-15)17-5-3-16(4-6-17)18-10-20(24)19(12-22(26)27)21(25)11-18;1-2-3-8-26-15-5-7-20(27-12-15)13-4-6-16(17(22)9-13)14-10-18(23)21(25)19(24)11-14/h10-12,15-17,23H,2-9,13-14H2,1H3;2,4,6,9-11,15,20H,1,3,5,7-8,12H2. The van der Waals surface area contributed by atoms with E-state index in [0.29, 0.717) is 22.7 Å². The Labute approximate surface area is 344 Å². The van der Waals surface area contributed by atoms with Crippen LogP contribution in [0.1, 0.15) is 92.6 Å². The zero-order valence-electron chi connectivity index (χ0n) is 32.0. The molecule has 57 heavy (non-hydrogen) atoms. The number of hydrogen-bond donors (Lipinski definition) is 0. The minimum absolute atomic E-state index is 0.0255. The number of benzene rings is 3. The molecule has 3 aromatic rings. The van der Waals surface area contributed by atoms with Gasteiger partial charge in [0.05, 0.1) is 22.9 Å². The van der Waals surface area contributed by atoms with Crippen LogP contribution in [0.5, 0.6) is 0 Å². The number of ether oxygens (including phenoxy) is 2. The molecule has 312 valence electrons. The lowest BCUT2D eigenvalue weighted by Gasteiger charge is -2.37. The average molecular weight is 859 g/mol. The summed E-state index contributed by atoms with van der Waals surface area (Å²) in [6.45, 7) is 8.15. The summed E-state index contributed by atoms with van der Waals surface area (Å²) in [5.41, 5.74) is 0.785. The lowest BCUT2D eigenvalue weighted by atomic mass is 9.79. The zero-order valence-corrected chi connectivity index (χ0v) is 34.5. The molecular weight excluding hydrogens is 809 g/mol. The van der Waals surface area contributed by atoms with Crippen LogP contribution >= 0.6 is 35.3 Å². The number of hydrogen-bond acceptors (Lipinski definition) is 5. The second-order valence-electron chi connectivity index (χ2n) is 14.7. The summed E-state index contributed by atoms with van der Waals surface area (Å²) in [4.78, 5) is 0. The van der Waals surface area contributed by atoms with E-state index in [1.54, 1.807) is 17.8 Å². The summed E-state index contributed by atoms with van der Waals surface area (Å²) in [5, 5.41) is 0.148. The van der Waals surface area contributed by atoms with Crippen molar-refractivity contribution < 1.29 is 44.6 Å². The molecule has 2 atom stereocenters. The SMILES string of the molecule is C=CCCOC1CCC(c2ccc(-c3cc(F)c(F)c(F)c3)c(F)c2)SC1.CCCOCCC1CSC(C2CCC(c3cc(F)c(C=C(F)F)c(F)c3)CC2)SC1. The minimum atomic E-state index is -2.10. The maximum absolute atomic E-state index is 14.6. The van der Waals surface area contributed by atoms with Crippen molar-refractivity contribution in [1.29, 1.82) is 0 Å². The Morgan fingerprint density at radius 2 is 1.40 bits per heavy atom. The van der Waals surface area contributed by atoms with Gasteiger partial charge in [0, 0.05) is 35.9 Å². The predicted molar refractivity (Wildman–Crippen MR) is 220 cm³/mol. The fraction of sp³-hybridized carbons (Fsp3) is 0.500. The number of halogens is 8. The predicted octanol–water partition coefficient (Wildman–Crippen LogP) is 14.2. The lowest BCUT2D eigenvalue weighted by Crippen LogP contribution is -2.27. The van der Waals surface area contributed by atoms with Gasteiger partial charge in [0.2, 0.25) is 0 Å². The second kappa shape index (κ2) is 22.8. The Bertz CT molecular complexity index is 1730. The molecule has 2 nitrogen and oxygen atoms in total. The Morgan fingerprint density at radius 1 is 0.737 bits per heavy atom. The third-order valence-corrected chi connectivity index (χ3v) is 15.6. The van der Waals surface area contributed by atoms with Crippen molar-refractivity contribution in [3.8, 4) is 11.1 Å². The summed E-state index contributed by atoms with van der Waals surface area (Å²) >= 11 is 5.83. The smallest absolute Gasteiger partial charge is 0.271 e. The minimum Gasteiger partial charge on any atom is -0.381 e. The van der Waals surface area contributed by atoms with E-state index in [0.717, 1.165) is 100 Å². The number of rotatable bonds is 14. The first-order chi connectivity index (χ1) is 27.5. The maximum Gasteiger partial charge on any atom is 0.271 e. The van der Waals surface area contributed by atoms with E-state index in [4.69, 9.17) is 9.47 Å². The van der Waals surface area contributed by atoms with Gasteiger partial charge in [0.25, 0.3) is 6.08 Å². The van der Waals surface area contributed by atoms with Crippen molar-refractivity contribution in [1.82, 2.24) is 0 Å². The molecule has 2 aliphatic heterocycles. The molecule has 1 aliphatic carbocycles. The average Bonchev–Trinajstić information content (AvgIpc) is 3.20. The Kier molecular flexibility index (Phi) is 18.2. The van der Waals surface area contributed by atoms with E-state index in [1.165, 1.54) is 35.8 Å². The van der Waals surface area contributed by atoms with Crippen molar-refractivity contribution in [2.24, 2.45) is 11.8 Å². The van der Waals surface area contributed by atoms with Crippen LogP contribution in [0.15, 0.2) is 61.2 Å². The summed E-state index contributed by atoms with van der Waals surface area (Å²) < 4.78 is 120. The zero-order chi connectivity index (χ0) is 40.9. The summed E-state index contributed by atoms with van der Waals surface area (Å²) in [7, 11) is 0. The molecule has 3 fully saturated rings. The molecule has 2 heterocycles. The molecule has 2 unspecified atom stereocenters. The summed E-state index contributed by atoms with van der Waals surface area (Å²) in [6.07, 6.45) is 8.82. The van der Waals surface area contributed by atoms with Crippen LogP contribution in [-0.2, 0) is 9.47 Å². The first-order valence-electron chi connectivity index (χ1n) is 19.6. The van der Waals surface area contributed by atoms with Crippen LogP contribution in [-0.4, -0.2) is 47.8 Å². The normalized spacial score (nSPS) is 23.7. The lowest BCUT2D eigenvalue weighted by molar-refractivity contribution is 0.0629. The molecule has 0 amide bonds. The van der Waals surface area contributed by atoms with Crippen molar-refractivity contribution >= 4 is 41.4 Å². The van der Waals surface area contributed by atoms with E-state index in [9.17, 15) is 35.1 Å². The molecule has 0 N–H and O–H groups in total. The van der Waals surface area contributed by atoms with Gasteiger partial charge in [0.1, 0.15) is 17.5 Å². The fourth-order valence-corrected chi connectivity index (χ4v) is 12.4. The molecule has 0 aromatic heterocycles. The third-order valence-electron chi connectivity index (χ3n) is 10.6. The molecular formula is C44H50F8O2S3. The van der Waals surface area contributed by atoms with Gasteiger partial charge in [-0.3, -0.25) is 0 Å². The van der Waals surface area contributed by atoms with Crippen LogP contribution in [0.3, 0.4) is 0 Å². The summed E-state index contributed by atoms with van der Waals surface area (Å²) in [5.74, 6) is -1.98. The van der Waals surface area contributed by atoms with E-state index in [1.807, 2.05) is 6.08 Å². The molecule has 6 rings (SSSR count). The van der Waals surface area contributed by atoms with Crippen molar-refractivity contribution in [3.05, 3.63) is 113 Å². The van der Waals surface area contributed by atoms with E-state index in [-0.39, 0.29) is 34.5 Å². The highest BCUT2D eigenvalue weighted by atomic mass is 32.2. The molecule has 2 saturated heterocycles. The molecule has 0 radical (unpaired) electrons. The highest BCUT2D eigenvalue weighted by Gasteiger charge is 2.33. The maximum atomic E-state index is 14.6. The van der Waals surface area contributed by atoms with Gasteiger partial charge < -0.3 is 9.47 Å². The molecule has 3 aliphatic rings. The Morgan fingerprint density at radius 3 is 1.98 bits per heavy atom. The number of thioether (sulfide) groups is 3. The van der Waals surface area contributed by atoms with Gasteiger partial charge in [-0.1, -0.05) is 25.1 Å². The highest BCUT2D eigenvalue weighted by Crippen LogP contribution is 2.47. The first kappa shape index (κ1) is 45.6. The Balaban J connectivity index is 0.000000219. The monoisotopic (exact) mass is 858 g/mol. The van der Waals surface area contributed by atoms with Crippen molar-refractivity contribution in [2.45, 2.75) is 86.6 Å². The van der Waals surface area contributed by atoms with Crippen LogP contribution < -0.4 is 0 Å². The van der Waals surface area contributed by atoms with Gasteiger partial charge >= 0.3 is 0 Å². The highest BCUT2D eigenvalue weighted by molar-refractivity contribution is 8.17. The van der Waals surface area contributed by atoms with Crippen LogP contribution in [0.25, 0.3) is 17.2 Å². The topological polar surface area (TPSA) is 18.5 Å². The van der Waals surface area contributed by atoms with Crippen molar-refractivity contribution in [3.63, 3.8) is 0 Å². The van der Waals surface area contributed by atoms with E-state index >= 15 is 0 Å². The molecule has 13 heteroatoms. The molecule has 0 spiro atoms. The van der Waals surface area contributed by atoms with Gasteiger partial charge in [-0.25, -0.2) is 26.3 Å². The van der Waals surface area contributed by atoms with Gasteiger partial charge in [-0.2, -0.15) is 20.5 Å². The van der Waals surface area contributed by atoms with Gasteiger partial charge in [0.15, 0.2) is 17.5 Å². The van der Waals surface area contributed by atoms with Crippen LogP contribution in [0, 0.1) is 46.7 Å². The van der Waals surface area contributed by atoms with E-state index in [2.05, 4.69) is 37.0 Å². The molecule has 3 aromatic carbocycles.